The van der Waals surface area contributed by atoms with Crippen LogP contribution in [0.2, 0.25) is 0 Å². The molecule has 0 fully saturated rings. The molecule has 0 amide bonds. The fraction of sp³-hybridized carbons (Fsp3) is 0.400. The van der Waals surface area contributed by atoms with Crippen LogP contribution in [-0.4, -0.2) is 21.8 Å². The Morgan fingerprint density at radius 1 is 1.27 bits per heavy atom. The molecule has 136 valence electrons. The van der Waals surface area contributed by atoms with E-state index in [2.05, 4.69) is 43.1 Å². The van der Waals surface area contributed by atoms with Crippen LogP contribution in [0.15, 0.2) is 35.5 Å². The van der Waals surface area contributed by atoms with E-state index in [1.54, 1.807) is 23.1 Å². The summed E-state index contributed by atoms with van der Waals surface area (Å²) in [6.07, 6.45) is 2.15. The molecule has 0 bridgehead atoms. The quantitative estimate of drug-likeness (QED) is 0.509. The molecule has 0 saturated heterocycles. The number of aryl methyl sites for hydroxylation is 1. The molecule has 26 heavy (non-hydrogen) atoms. The Kier molecular flexibility index (Phi) is 5.16. The molecule has 0 aliphatic carbocycles. The third kappa shape index (κ3) is 3.59. The highest BCUT2D eigenvalue weighted by molar-refractivity contribution is 7.99. The molecule has 0 unspecified atom stereocenters. The van der Waals surface area contributed by atoms with E-state index in [0.29, 0.717) is 18.3 Å². The highest BCUT2D eigenvalue weighted by Gasteiger charge is 2.27. The summed E-state index contributed by atoms with van der Waals surface area (Å²) in [6.45, 7) is 5.06. The largest absolute Gasteiger partial charge is 0.383 e. The summed E-state index contributed by atoms with van der Waals surface area (Å²) in [7, 11) is 0. The molecule has 3 heterocycles. The number of anilines is 1. The first-order valence-corrected chi connectivity index (χ1v) is 10.8. The number of nitrogens with zero attached hydrogens (tertiary/aromatic N) is 2. The summed E-state index contributed by atoms with van der Waals surface area (Å²) >= 11 is 3.37. The van der Waals surface area contributed by atoms with Gasteiger partial charge in [-0.15, -0.1) is 11.3 Å². The number of hydrogen-bond donors (Lipinski definition) is 1. The molecular formula is C20H23N3OS2. The van der Waals surface area contributed by atoms with Crippen LogP contribution >= 0.6 is 23.1 Å². The van der Waals surface area contributed by atoms with E-state index in [1.807, 2.05) is 6.07 Å². The molecule has 1 aliphatic heterocycles. The molecule has 0 saturated carbocycles. The lowest BCUT2D eigenvalue weighted by Gasteiger charge is -2.26. The van der Waals surface area contributed by atoms with Gasteiger partial charge in [-0.1, -0.05) is 55.9 Å². The van der Waals surface area contributed by atoms with E-state index >= 15 is 0 Å². The number of aromatic nitrogens is 2. The van der Waals surface area contributed by atoms with Crippen LogP contribution in [0.3, 0.4) is 0 Å². The van der Waals surface area contributed by atoms with E-state index in [9.17, 15) is 0 Å². The molecule has 0 radical (unpaired) electrons. The summed E-state index contributed by atoms with van der Waals surface area (Å²) in [4.78, 5) is 11.6. The number of thioether (sulfide) groups is 1. The maximum Gasteiger partial charge on any atom is 0.190 e. The van der Waals surface area contributed by atoms with Gasteiger partial charge in [0.2, 0.25) is 0 Å². The minimum Gasteiger partial charge on any atom is -0.383 e. The minimum atomic E-state index is 0.250. The Hall–Kier alpha value is -1.63. The number of rotatable bonds is 5. The predicted octanol–water partition coefficient (Wildman–Crippen LogP) is 4.71. The van der Waals surface area contributed by atoms with E-state index in [-0.39, 0.29) is 6.10 Å². The SMILES string of the molecule is CC(C)[C@H]1Cc2c(sc3nc(SCCc4ccccc4)nc(N)c23)CO1. The molecule has 6 heteroatoms. The lowest BCUT2D eigenvalue weighted by molar-refractivity contribution is 0.00203. The van der Waals surface area contributed by atoms with E-state index in [0.717, 1.165) is 34.0 Å². The van der Waals surface area contributed by atoms with Crippen molar-refractivity contribution >= 4 is 39.1 Å². The van der Waals surface area contributed by atoms with Gasteiger partial charge in [-0.05, 0) is 23.5 Å². The van der Waals surface area contributed by atoms with Crippen molar-refractivity contribution in [3.8, 4) is 0 Å². The minimum absolute atomic E-state index is 0.250. The molecule has 1 aromatic carbocycles. The second-order valence-corrected chi connectivity index (χ2v) is 9.10. The molecular weight excluding hydrogens is 362 g/mol. The third-order valence-electron chi connectivity index (χ3n) is 4.78. The number of hydrogen-bond acceptors (Lipinski definition) is 6. The number of benzene rings is 1. The average molecular weight is 386 g/mol. The topological polar surface area (TPSA) is 61.0 Å². The summed E-state index contributed by atoms with van der Waals surface area (Å²) in [5.74, 6) is 2.05. The van der Waals surface area contributed by atoms with E-state index in [4.69, 9.17) is 15.5 Å². The monoisotopic (exact) mass is 385 g/mol. The number of nitrogens with two attached hydrogens (primary N) is 1. The molecule has 1 aliphatic rings. The summed E-state index contributed by atoms with van der Waals surface area (Å²) in [6, 6.07) is 10.5. The summed E-state index contributed by atoms with van der Waals surface area (Å²) < 4.78 is 6.00. The Morgan fingerprint density at radius 3 is 2.85 bits per heavy atom. The Balaban J connectivity index is 1.54. The van der Waals surface area contributed by atoms with Crippen molar-refractivity contribution < 1.29 is 4.74 Å². The average Bonchev–Trinajstić information content (AvgIpc) is 3.00. The van der Waals surface area contributed by atoms with Crippen LogP contribution in [0, 0.1) is 5.92 Å². The van der Waals surface area contributed by atoms with Gasteiger partial charge in [-0.25, -0.2) is 9.97 Å². The lowest BCUT2D eigenvalue weighted by Crippen LogP contribution is -2.26. The Morgan fingerprint density at radius 2 is 2.08 bits per heavy atom. The molecule has 4 rings (SSSR count). The normalized spacial score (nSPS) is 17.0. The van der Waals surface area contributed by atoms with Crippen molar-refractivity contribution in [1.29, 1.82) is 0 Å². The van der Waals surface area contributed by atoms with Gasteiger partial charge in [0.25, 0.3) is 0 Å². The maximum atomic E-state index is 6.33. The van der Waals surface area contributed by atoms with Crippen molar-refractivity contribution in [2.45, 2.75) is 44.6 Å². The fourth-order valence-electron chi connectivity index (χ4n) is 3.28. The number of ether oxygens (including phenoxy) is 1. The van der Waals surface area contributed by atoms with Crippen LogP contribution in [0.4, 0.5) is 5.82 Å². The fourth-order valence-corrected chi connectivity index (χ4v) is 5.31. The molecule has 2 N–H and O–H groups in total. The number of thiophene rings is 1. The zero-order valence-corrected chi connectivity index (χ0v) is 16.7. The molecule has 1 atom stereocenters. The van der Waals surface area contributed by atoms with Crippen molar-refractivity contribution in [1.82, 2.24) is 9.97 Å². The Labute approximate surface area is 162 Å². The van der Waals surface area contributed by atoms with Gasteiger partial charge in [0.1, 0.15) is 10.6 Å². The van der Waals surface area contributed by atoms with Gasteiger partial charge < -0.3 is 10.5 Å². The summed E-state index contributed by atoms with van der Waals surface area (Å²) in [5, 5.41) is 1.82. The zero-order chi connectivity index (χ0) is 18.1. The smallest absolute Gasteiger partial charge is 0.190 e. The third-order valence-corrected chi connectivity index (χ3v) is 6.73. The predicted molar refractivity (Wildman–Crippen MR) is 110 cm³/mol. The first-order valence-electron chi connectivity index (χ1n) is 8.98. The van der Waals surface area contributed by atoms with Gasteiger partial charge >= 0.3 is 0 Å². The van der Waals surface area contributed by atoms with Gasteiger partial charge in [0.15, 0.2) is 5.16 Å². The summed E-state index contributed by atoms with van der Waals surface area (Å²) in [5.41, 5.74) is 8.96. The van der Waals surface area contributed by atoms with Gasteiger partial charge in [0.05, 0.1) is 18.1 Å². The van der Waals surface area contributed by atoms with Crippen molar-refractivity contribution in [2.75, 3.05) is 11.5 Å². The van der Waals surface area contributed by atoms with Crippen LogP contribution in [0.1, 0.15) is 29.9 Å². The first kappa shape index (κ1) is 17.8. The van der Waals surface area contributed by atoms with Crippen molar-refractivity contribution in [3.05, 3.63) is 46.3 Å². The molecule has 2 aromatic heterocycles. The van der Waals surface area contributed by atoms with Crippen LogP contribution in [-0.2, 0) is 24.2 Å². The molecule has 3 aromatic rings. The first-order chi connectivity index (χ1) is 12.6. The number of nitrogen functional groups attached to an aromatic ring is 1. The zero-order valence-electron chi connectivity index (χ0n) is 15.1. The molecule has 0 spiro atoms. The van der Waals surface area contributed by atoms with Crippen LogP contribution in [0.5, 0.6) is 0 Å². The lowest BCUT2D eigenvalue weighted by atomic mass is 9.96. The van der Waals surface area contributed by atoms with Gasteiger partial charge in [-0.3, -0.25) is 0 Å². The highest BCUT2D eigenvalue weighted by Crippen LogP contribution is 2.39. The second-order valence-electron chi connectivity index (χ2n) is 6.96. The second kappa shape index (κ2) is 7.55. The van der Waals surface area contributed by atoms with Crippen LogP contribution < -0.4 is 5.73 Å². The van der Waals surface area contributed by atoms with E-state index in [1.165, 1.54) is 16.0 Å². The van der Waals surface area contributed by atoms with E-state index < -0.39 is 0 Å². The molecule has 4 nitrogen and oxygen atoms in total. The standard InChI is InChI=1S/C20H23N3OS2/c1-12(2)15-10-14-16(11-24-15)26-19-17(14)18(21)22-20(23-19)25-9-8-13-6-4-3-5-7-13/h3-7,12,15H,8-11H2,1-2H3,(H2,21,22,23)/t15-/m1/s1. The maximum absolute atomic E-state index is 6.33. The highest BCUT2D eigenvalue weighted by atomic mass is 32.2. The number of fused-ring (bicyclic) bond motifs is 3. The van der Waals surface area contributed by atoms with Gasteiger partial charge in [-0.2, -0.15) is 0 Å². The van der Waals surface area contributed by atoms with Gasteiger partial charge in [0, 0.05) is 17.1 Å². The van der Waals surface area contributed by atoms with Crippen molar-refractivity contribution in [2.24, 2.45) is 5.92 Å². The van der Waals surface area contributed by atoms with Crippen LogP contribution in [0.25, 0.3) is 10.2 Å². The Bertz CT molecular complexity index is 908. The van der Waals surface area contributed by atoms with Crippen molar-refractivity contribution in [3.63, 3.8) is 0 Å².